The van der Waals surface area contributed by atoms with E-state index in [2.05, 4.69) is 25.6 Å². The van der Waals surface area contributed by atoms with Crippen LogP contribution in [0.15, 0.2) is 43.0 Å². The van der Waals surface area contributed by atoms with E-state index < -0.39 is 44.5 Å². The predicted molar refractivity (Wildman–Crippen MR) is 125 cm³/mol. The van der Waals surface area contributed by atoms with Gasteiger partial charge in [-0.1, -0.05) is 37.3 Å². The van der Waals surface area contributed by atoms with Crippen LogP contribution in [0.1, 0.15) is 31.9 Å². The number of nitrogens with zero attached hydrogens (tertiary/aromatic N) is 4. The molecule has 2 fully saturated rings. The van der Waals surface area contributed by atoms with Crippen molar-refractivity contribution in [2.24, 2.45) is 0 Å². The van der Waals surface area contributed by atoms with Crippen LogP contribution in [0.25, 0.3) is 11.2 Å². The molecule has 0 radical (unpaired) electrons. The van der Waals surface area contributed by atoms with Gasteiger partial charge in [-0.3, -0.25) is 9.88 Å². The Morgan fingerprint density at radius 2 is 1.92 bits per heavy atom. The number of imidazole rings is 1. The predicted octanol–water partition coefficient (Wildman–Crippen LogP) is 1.94. The number of rotatable bonds is 8. The zero-order valence-corrected chi connectivity index (χ0v) is 20.5. The molecule has 5 rings (SSSR count). The molecule has 0 bridgehead atoms. The van der Waals surface area contributed by atoms with E-state index in [1.54, 1.807) is 11.5 Å². The normalized spacial score (nSPS) is 27.0. The Morgan fingerprint density at radius 3 is 2.67 bits per heavy atom. The first-order valence-corrected chi connectivity index (χ1v) is 13.3. The second kappa shape index (κ2) is 10.2. The molecule has 2 saturated heterocycles. The molecule has 4 heterocycles. The smallest absolute Gasteiger partial charge is 0.320 e. The summed E-state index contributed by atoms with van der Waals surface area (Å²) >= 11 is 0. The molecule has 14 heteroatoms. The largest absolute Gasteiger partial charge is 0.779 e. The number of aromatic nitrogens is 4. The van der Waals surface area contributed by atoms with Gasteiger partial charge < -0.3 is 33.5 Å². The Morgan fingerprint density at radius 1 is 1.14 bits per heavy atom. The summed E-state index contributed by atoms with van der Waals surface area (Å²) in [6.07, 6.45) is -0.671. The van der Waals surface area contributed by atoms with Gasteiger partial charge in [-0.05, 0) is 6.92 Å². The Balaban J connectivity index is 1.45. The third-order valence-electron chi connectivity index (χ3n) is 5.94. The van der Waals surface area contributed by atoms with Gasteiger partial charge in [0, 0.05) is 18.3 Å². The lowest BCUT2D eigenvalue weighted by atomic mass is 10.1. The summed E-state index contributed by atoms with van der Waals surface area (Å²) in [4.78, 5) is 36.9. The van der Waals surface area contributed by atoms with Crippen molar-refractivity contribution in [3.8, 4) is 0 Å². The molecule has 6 atom stereocenters. The van der Waals surface area contributed by atoms with Crippen molar-refractivity contribution >= 4 is 30.6 Å². The number of carbonyl (C=O) groups is 1. The summed E-state index contributed by atoms with van der Waals surface area (Å²) in [5, 5.41) is 5.30. The van der Waals surface area contributed by atoms with Gasteiger partial charge in [-0.25, -0.2) is 19.7 Å². The lowest BCUT2D eigenvalue weighted by Gasteiger charge is -2.25. The van der Waals surface area contributed by atoms with Crippen LogP contribution in [0.3, 0.4) is 0 Å². The molecule has 192 valence electrons. The monoisotopic (exact) mass is 517 g/mol. The summed E-state index contributed by atoms with van der Waals surface area (Å²) in [7, 11) is -3.99. The van der Waals surface area contributed by atoms with E-state index in [0.717, 1.165) is 5.56 Å². The van der Waals surface area contributed by atoms with E-state index in [9.17, 15) is 14.3 Å². The van der Waals surface area contributed by atoms with Gasteiger partial charge >= 0.3 is 6.03 Å². The number of anilines is 1. The van der Waals surface area contributed by atoms with E-state index >= 15 is 0 Å². The minimum absolute atomic E-state index is 0.133. The van der Waals surface area contributed by atoms with Crippen LogP contribution < -0.4 is 15.5 Å². The Bertz CT molecular complexity index is 1270. The van der Waals surface area contributed by atoms with Crippen molar-refractivity contribution in [3.05, 3.63) is 48.5 Å². The molecule has 0 saturated carbocycles. The molecule has 2 aliphatic heterocycles. The first-order chi connectivity index (χ1) is 17.4. The average Bonchev–Trinajstić information content (AvgIpc) is 3.58. The molecule has 3 unspecified atom stereocenters. The number of carbonyl (C=O) groups excluding carboxylic acids is 1. The minimum Gasteiger partial charge on any atom is -0.779 e. The lowest BCUT2D eigenvalue weighted by molar-refractivity contribution is -0.203. The second-order valence-corrected chi connectivity index (χ2v) is 10.4. The van der Waals surface area contributed by atoms with Crippen molar-refractivity contribution in [1.82, 2.24) is 24.8 Å². The van der Waals surface area contributed by atoms with E-state index in [1.165, 1.54) is 19.6 Å². The molecule has 2 aliphatic rings. The summed E-state index contributed by atoms with van der Waals surface area (Å²) in [5.41, 5.74) is 1.58. The maximum absolute atomic E-state index is 12.0. The average molecular weight is 517 g/mol. The van der Waals surface area contributed by atoms with Gasteiger partial charge in [0.25, 0.3) is 0 Å². The topological polar surface area (TPSA) is 162 Å². The number of benzene rings is 1. The standard InChI is InChI=1S/C22H27N6O7P/c1-3-23-22(29)27-18-15-19(25-11-24-18)28(12-26-15)20-17-16(14(33-20)10-32-36(30,31)4-2)34-21(35-17)13-8-6-5-7-9-13/h5-9,11-12,14,16-17,20-21H,3-4,10H2,1-2H3,(H,30,31)(H2,23,24,25,27,29)/p-1/t14-,16?,17?,20-,21-/m1/s1. The fourth-order valence-corrected chi connectivity index (χ4v) is 4.74. The van der Waals surface area contributed by atoms with Crippen molar-refractivity contribution in [1.29, 1.82) is 0 Å². The second-order valence-electron chi connectivity index (χ2n) is 8.26. The minimum atomic E-state index is -3.99. The van der Waals surface area contributed by atoms with E-state index in [4.69, 9.17) is 18.7 Å². The summed E-state index contributed by atoms with van der Waals surface area (Å²) in [6, 6.07) is 9.00. The molecular formula is C22H26N6O7P-. The van der Waals surface area contributed by atoms with Gasteiger partial charge in [-0.2, -0.15) is 0 Å². The molecule has 13 nitrogen and oxygen atoms in total. The quantitative estimate of drug-likeness (QED) is 0.422. The van der Waals surface area contributed by atoms with Crippen molar-refractivity contribution in [2.75, 3.05) is 24.6 Å². The van der Waals surface area contributed by atoms with Crippen LogP contribution in [-0.2, 0) is 23.3 Å². The SMILES string of the molecule is CCNC(=O)Nc1ncnc2c1ncn2[C@@H]1O[C@H](COP(=O)([O-])CC)C2O[C@@H](c3ccccc3)OC21. The van der Waals surface area contributed by atoms with Gasteiger partial charge in [0.15, 0.2) is 29.5 Å². The van der Waals surface area contributed by atoms with Crippen LogP contribution in [0.4, 0.5) is 10.6 Å². The maximum atomic E-state index is 12.0. The molecule has 0 aliphatic carbocycles. The molecule has 1 aromatic carbocycles. The van der Waals surface area contributed by atoms with Crippen molar-refractivity contribution in [3.63, 3.8) is 0 Å². The number of nitrogens with one attached hydrogen (secondary N) is 2. The molecule has 36 heavy (non-hydrogen) atoms. The third-order valence-corrected chi connectivity index (χ3v) is 7.26. The lowest BCUT2D eigenvalue weighted by Crippen LogP contribution is -2.32. The Hall–Kier alpha value is -2.93. The van der Waals surface area contributed by atoms with E-state index in [-0.39, 0.29) is 18.6 Å². The zero-order chi connectivity index (χ0) is 25.3. The molecule has 0 spiro atoms. The van der Waals surface area contributed by atoms with Gasteiger partial charge in [0.1, 0.15) is 32.2 Å². The maximum Gasteiger partial charge on any atom is 0.320 e. The molecule has 2 amide bonds. The molecule has 2 aromatic heterocycles. The number of ether oxygens (including phenoxy) is 3. The Kier molecular flexibility index (Phi) is 7.02. The first-order valence-electron chi connectivity index (χ1n) is 11.6. The van der Waals surface area contributed by atoms with Crippen molar-refractivity contribution < 1.29 is 33.0 Å². The number of amides is 2. The Labute approximate surface area is 206 Å². The number of hydrogen-bond acceptors (Lipinski definition) is 10. The van der Waals surface area contributed by atoms with Crippen LogP contribution in [0.2, 0.25) is 0 Å². The summed E-state index contributed by atoms with van der Waals surface area (Å²) < 4.78 is 37.5. The van der Waals surface area contributed by atoms with Crippen LogP contribution in [0, 0.1) is 0 Å². The summed E-state index contributed by atoms with van der Waals surface area (Å²) in [5.74, 6) is 0.236. The first kappa shape index (κ1) is 24.8. The molecular weight excluding hydrogens is 491 g/mol. The van der Waals surface area contributed by atoms with Gasteiger partial charge in [-0.15, -0.1) is 0 Å². The molecule has 2 N–H and O–H groups in total. The van der Waals surface area contributed by atoms with Gasteiger partial charge in [0.2, 0.25) is 0 Å². The highest BCUT2D eigenvalue weighted by atomic mass is 31.2. The van der Waals surface area contributed by atoms with Crippen LogP contribution >= 0.6 is 7.60 Å². The zero-order valence-electron chi connectivity index (χ0n) is 19.6. The highest BCUT2D eigenvalue weighted by Gasteiger charge is 2.54. The van der Waals surface area contributed by atoms with Gasteiger partial charge in [0.05, 0.1) is 12.9 Å². The highest BCUT2D eigenvalue weighted by molar-refractivity contribution is 7.51. The van der Waals surface area contributed by atoms with E-state index in [0.29, 0.717) is 17.7 Å². The number of fused-ring (bicyclic) bond motifs is 2. The fourth-order valence-electron chi connectivity index (χ4n) is 4.18. The molecule has 3 aromatic rings. The highest BCUT2D eigenvalue weighted by Crippen LogP contribution is 2.46. The third kappa shape index (κ3) is 4.85. The van der Waals surface area contributed by atoms with Crippen molar-refractivity contribution in [2.45, 2.75) is 44.7 Å². The number of urea groups is 1. The van der Waals surface area contributed by atoms with Crippen LogP contribution in [0.5, 0.6) is 0 Å². The summed E-state index contributed by atoms with van der Waals surface area (Å²) in [6.45, 7) is 3.55. The number of hydrogen-bond donors (Lipinski definition) is 2. The van der Waals surface area contributed by atoms with E-state index in [1.807, 2.05) is 30.3 Å². The fraction of sp³-hybridized carbons (Fsp3) is 0.455. The van der Waals surface area contributed by atoms with Crippen LogP contribution in [-0.4, -0.2) is 63.2 Å².